The Bertz CT molecular complexity index is 1100. The van der Waals surface area contributed by atoms with Gasteiger partial charge in [0.25, 0.3) is 0 Å². The molecular formula is C23H25BrN2O3S. The van der Waals surface area contributed by atoms with Crippen LogP contribution in [0.15, 0.2) is 76.1 Å². The van der Waals surface area contributed by atoms with Crippen molar-refractivity contribution in [3.63, 3.8) is 0 Å². The van der Waals surface area contributed by atoms with Gasteiger partial charge >= 0.3 is 0 Å². The molecule has 0 aliphatic rings. The van der Waals surface area contributed by atoms with Crippen LogP contribution in [0.1, 0.15) is 22.3 Å². The van der Waals surface area contributed by atoms with Gasteiger partial charge in [0.15, 0.2) is 0 Å². The van der Waals surface area contributed by atoms with Gasteiger partial charge in [0, 0.05) is 16.6 Å². The Morgan fingerprint density at radius 3 is 2.47 bits per heavy atom. The predicted molar refractivity (Wildman–Crippen MR) is 123 cm³/mol. The van der Waals surface area contributed by atoms with Crippen LogP contribution in [0.5, 0.6) is 5.75 Å². The van der Waals surface area contributed by atoms with Crippen LogP contribution >= 0.6 is 15.9 Å². The molecule has 0 saturated heterocycles. The standard InChI is InChI=1S/C23H25BrN2O3S/c1-17-3-2-4-19(13-17)16-29-23-10-7-21(24)14-20(23)15-26-12-11-18-5-8-22(9-6-18)30(25,27)28/h2-10,13-14,26H,11-12,15-16H2,1H3,(H2,25,27,28). The van der Waals surface area contributed by atoms with Gasteiger partial charge in [-0.2, -0.15) is 0 Å². The van der Waals surface area contributed by atoms with Crippen LogP contribution in [0.4, 0.5) is 0 Å². The monoisotopic (exact) mass is 488 g/mol. The van der Waals surface area contributed by atoms with Crippen molar-refractivity contribution in [2.75, 3.05) is 6.54 Å². The molecule has 0 aliphatic carbocycles. The van der Waals surface area contributed by atoms with Gasteiger partial charge in [-0.25, -0.2) is 13.6 Å². The molecule has 5 nitrogen and oxygen atoms in total. The van der Waals surface area contributed by atoms with Crippen molar-refractivity contribution < 1.29 is 13.2 Å². The summed E-state index contributed by atoms with van der Waals surface area (Å²) in [6.45, 7) is 4.00. The average Bonchev–Trinajstić information content (AvgIpc) is 2.70. The first kappa shape index (κ1) is 22.5. The van der Waals surface area contributed by atoms with Crippen molar-refractivity contribution in [2.45, 2.75) is 31.4 Å². The minimum Gasteiger partial charge on any atom is -0.489 e. The molecule has 3 aromatic rings. The number of hydrogen-bond acceptors (Lipinski definition) is 4. The fraction of sp³-hybridized carbons (Fsp3) is 0.217. The number of sulfonamides is 1. The molecule has 158 valence electrons. The van der Waals surface area contributed by atoms with Gasteiger partial charge in [0.2, 0.25) is 10.0 Å². The Labute approximate surface area is 186 Å². The third-order valence-corrected chi connectivity index (χ3v) is 6.08. The van der Waals surface area contributed by atoms with Crippen LogP contribution in [-0.4, -0.2) is 15.0 Å². The highest BCUT2D eigenvalue weighted by molar-refractivity contribution is 9.10. The molecule has 3 aromatic carbocycles. The SMILES string of the molecule is Cc1cccc(COc2ccc(Br)cc2CNCCc2ccc(S(N)(=O)=O)cc2)c1. The lowest BCUT2D eigenvalue weighted by Gasteiger charge is -2.13. The molecule has 0 saturated carbocycles. The number of benzene rings is 3. The van der Waals surface area contributed by atoms with Crippen LogP contribution in [-0.2, 0) is 29.6 Å². The zero-order valence-electron chi connectivity index (χ0n) is 16.8. The van der Waals surface area contributed by atoms with E-state index in [1.807, 2.05) is 18.2 Å². The molecule has 0 atom stereocenters. The van der Waals surface area contributed by atoms with Gasteiger partial charge in [-0.3, -0.25) is 0 Å². The van der Waals surface area contributed by atoms with E-state index in [1.54, 1.807) is 12.1 Å². The Morgan fingerprint density at radius 2 is 1.77 bits per heavy atom. The minimum absolute atomic E-state index is 0.128. The Hall–Kier alpha value is -2.19. The topological polar surface area (TPSA) is 81.4 Å². The average molecular weight is 489 g/mol. The molecule has 0 aromatic heterocycles. The lowest BCUT2D eigenvalue weighted by atomic mass is 10.1. The fourth-order valence-corrected chi connectivity index (χ4v) is 4.02. The van der Waals surface area contributed by atoms with Crippen molar-refractivity contribution in [2.24, 2.45) is 5.14 Å². The first-order valence-electron chi connectivity index (χ1n) is 9.60. The molecule has 3 rings (SSSR count). The second kappa shape index (κ2) is 10.2. The highest BCUT2D eigenvalue weighted by Gasteiger charge is 2.08. The number of primary sulfonamides is 1. The lowest BCUT2D eigenvalue weighted by Crippen LogP contribution is -2.17. The summed E-state index contributed by atoms with van der Waals surface area (Å²) in [7, 11) is -3.65. The van der Waals surface area contributed by atoms with E-state index in [-0.39, 0.29) is 4.90 Å². The van der Waals surface area contributed by atoms with E-state index in [9.17, 15) is 8.42 Å². The van der Waals surface area contributed by atoms with E-state index in [0.717, 1.165) is 39.9 Å². The number of halogens is 1. The first-order chi connectivity index (χ1) is 14.3. The fourth-order valence-electron chi connectivity index (χ4n) is 3.09. The maximum Gasteiger partial charge on any atom is 0.238 e. The molecule has 30 heavy (non-hydrogen) atoms. The molecule has 7 heteroatoms. The summed E-state index contributed by atoms with van der Waals surface area (Å²) in [5.41, 5.74) is 4.47. The highest BCUT2D eigenvalue weighted by atomic mass is 79.9. The predicted octanol–water partition coefficient (Wildman–Crippen LogP) is 4.32. The highest BCUT2D eigenvalue weighted by Crippen LogP contribution is 2.24. The van der Waals surface area contributed by atoms with Gasteiger partial charge in [-0.15, -0.1) is 0 Å². The summed E-state index contributed by atoms with van der Waals surface area (Å²) in [6.07, 6.45) is 0.776. The minimum atomic E-state index is -3.65. The van der Waals surface area contributed by atoms with E-state index in [0.29, 0.717) is 13.2 Å². The summed E-state index contributed by atoms with van der Waals surface area (Å²) in [5, 5.41) is 8.56. The van der Waals surface area contributed by atoms with Gasteiger partial charge in [0.05, 0.1) is 4.90 Å². The summed E-state index contributed by atoms with van der Waals surface area (Å²) >= 11 is 3.53. The van der Waals surface area contributed by atoms with Crippen LogP contribution in [0.2, 0.25) is 0 Å². The van der Waals surface area contributed by atoms with E-state index < -0.39 is 10.0 Å². The molecule has 0 fully saturated rings. The zero-order chi connectivity index (χ0) is 21.6. The first-order valence-corrected chi connectivity index (χ1v) is 11.9. The summed E-state index contributed by atoms with van der Waals surface area (Å²) in [6, 6.07) is 20.9. The Kier molecular flexibility index (Phi) is 7.66. The molecule has 3 N–H and O–H groups in total. The van der Waals surface area contributed by atoms with Crippen molar-refractivity contribution in [3.8, 4) is 5.75 Å². The molecule has 0 aliphatic heterocycles. The van der Waals surface area contributed by atoms with Crippen molar-refractivity contribution in [3.05, 3.63) is 93.5 Å². The molecule has 0 radical (unpaired) electrons. The normalized spacial score (nSPS) is 11.4. The van der Waals surface area contributed by atoms with Crippen molar-refractivity contribution in [1.29, 1.82) is 0 Å². The lowest BCUT2D eigenvalue weighted by molar-refractivity contribution is 0.302. The van der Waals surface area contributed by atoms with Crippen LogP contribution in [0, 0.1) is 6.92 Å². The zero-order valence-corrected chi connectivity index (χ0v) is 19.2. The van der Waals surface area contributed by atoms with Crippen molar-refractivity contribution in [1.82, 2.24) is 5.32 Å². The molecule has 0 bridgehead atoms. The summed E-state index contributed by atoms with van der Waals surface area (Å²) in [4.78, 5) is 0.128. The van der Waals surface area contributed by atoms with Crippen LogP contribution in [0.25, 0.3) is 0 Å². The third-order valence-electron chi connectivity index (χ3n) is 4.66. The van der Waals surface area contributed by atoms with E-state index in [1.165, 1.54) is 17.7 Å². The van der Waals surface area contributed by atoms with Crippen molar-refractivity contribution >= 4 is 26.0 Å². The van der Waals surface area contributed by atoms with Crippen LogP contribution in [0.3, 0.4) is 0 Å². The molecule has 0 unspecified atom stereocenters. The number of ether oxygens (including phenoxy) is 1. The van der Waals surface area contributed by atoms with Gasteiger partial charge < -0.3 is 10.1 Å². The molecular weight excluding hydrogens is 464 g/mol. The number of aryl methyl sites for hydroxylation is 1. The molecule has 0 amide bonds. The van der Waals surface area contributed by atoms with Gasteiger partial charge in [-0.1, -0.05) is 57.9 Å². The smallest absolute Gasteiger partial charge is 0.238 e. The third kappa shape index (κ3) is 6.67. The summed E-state index contributed by atoms with van der Waals surface area (Å²) in [5.74, 6) is 0.852. The van der Waals surface area contributed by atoms with E-state index in [2.05, 4.69) is 52.4 Å². The van der Waals surface area contributed by atoms with E-state index in [4.69, 9.17) is 9.88 Å². The number of nitrogens with two attached hydrogens (primary N) is 1. The number of nitrogens with one attached hydrogen (secondary N) is 1. The van der Waals surface area contributed by atoms with Crippen LogP contribution < -0.4 is 15.2 Å². The summed E-state index contributed by atoms with van der Waals surface area (Å²) < 4.78 is 29.7. The maximum absolute atomic E-state index is 11.3. The van der Waals surface area contributed by atoms with E-state index >= 15 is 0 Å². The van der Waals surface area contributed by atoms with Gasteiger partial charge in [0.1, 0.15) is 12.4 Å². The number of rotatable bonds is 9. The number of hydrogen-bond donors (Lipinski definition) is 2. The Morgan fingerprint density at radius 1 is 1.00 bits per heavy atom. The molecule has 0 heterocycles. The second-order valence-corrected chi connectivity index (χ2v) is 9.62. The largest absolute Gasteiger partial charge is 0.489 e. The second-order valence-electron chi connectivity index (χ2n) is 7.15. The maximum atomic E-state index is 11.3. The Balaban J connectivity index is 1.55. The quantitative estimate of drug-likeness (QED) is 0.439. The van der Waals surface area contributed by atoms with Gasteiger partial charge in [-0.05, 0) is 61.3 Å². The molecule has 0 spiro atoms.